The van der Waals surface area contributed by atoms with Crippen molar-refractivity contribution in [3.05, 3.63) is 0 Å². The van der Waals surface area contributed by atoms with Gasteiger partial charge >= 0.3 is 0 Å². The average Bonchev–Trinajstić information content (AvgIpc) is 2.12. The van der Waals surface area contributed by atoms with Crippen LogP contribution in [0.25, 0.3) is 0 Å². The first-order chi connectivity index (χ1) is 5.68. The monoisotopic (exact) mass is 173 g/mol. The number of unbranched alkanes of at least 4 members (excludes halogenated alkanes) is 3. The lowest BCUT2D eigenvalue weighted by atomic mass is 10.0. The quantitative estimate of drug-likeness (QED) is 0.457. The van der Waals surface area contributed by atoms with Crippen molar-refractivity contribution in [3.63, 3.8) is 0 Å². The molecule has 0 heterocycles. The maximum atomic E-state index is 9.82. The van der Waals surface area contributed by atoms with Crippen LogP contribution in [0, 0.1) is 0 Å². The van der Waals surface area contributed by atoms with E-state index in [0.717, 1.165) is 19.3 Å². The van der Waals surface area contributed by atoms with Gasteiger partial charge in [-0.05, 0) is 26.3 Å². The topological polar surface area (TPSA) is 32.3 Å². The smallest absolute Gasteiger partial charge is 0.115 e. The lowest BCUT2D eigenvalue weighted by molar-refractivity contribution is -0.00164. The van der Waals surface area contributed by atoms with Crippen LogP contribution in [-0.2, 0) is 0 Å². The van der Waals surface area contributed by atoms with E-state index in [9.17, 15) is 5.11 Å². The second kappa shape index (κ2) is 6.44. The van der Waals surface area contributed by atoms with E-state index in [1.165, 1.54) is 19.3 Å². The zero-order valence-electron chi connectivity index (χ0n) is 8.69. The van der Waals surface area contributed by atoms with E-state index in [1.807, 2.05) is 14.0 Å². The normalized spacial score (nSPS) is 16.0. The Labute approximate surface area is 76.4 Å². The molecule has 0 aliphatic carbocycles. The largest absolute Gasteiger partial charge is 0.376 e. The predicted molar refractivity (Wildman–Crippen MR) is 53.1 cm³/mol. The Bertz CT molecular complexity index is 100. The van der Waals surface area contributed by atoms with E-state index in [4.69, 9.17) is 0 Å². The van der Waals surface area contributed by atoms with Crippen molar-refractivity contribution >= 4 is 0 Å². The summed E-state index contributed by atoms with van der Waals surface area (Å²) >= 11 is 0. The molecule has 0 saturated carbocycles. The fourth-order valence-electron chi connectivity index (χ4n) is 1.32. The van der Waals surface area contributed by atoms with Crippen molar-refractivity contribution in [1.29, 1.82) is 0 Å². The van der Waals surface area contributed by atoms with Crippen molar-refractivity contribution in [2.75, 3.05) is 7.05 Å². The molecule has 0 saturated heterocycles. The Morgan fingerprint density at radius 1 is 1.17 bits per heavy atom. The highest BCUT2D eigenvalue weighted by Gasteiger charge is 2.20. The van der Waals surface area contributed by atoms with Gasteiger partial charge in [-0.1, -0.05) is 33.1 Å². The molecule has 0 amide bonds. The van der Waals surface area contributed by atoms with Crippen molar-refractivity contribution in [2.24, 2.45) is 0 Å². The summed E-state index contributed by atoms with van der Waals surface area (Å²) in [7, 11) is 1.82. The van der Waals surface area contributed by atoms with Gasteiger partial charge in [-0.2, -0.15) is 0 Å². The molecule has 0 bridgehead atoms. The highest BCUT2D eigenvalue weighted by Crippen LogP contribution is 2.15. The van der Waals surface area contributed by atoms with Gasteiger partial charge in [0.25, 0.3) is 0 Å². The second-order valence-corrected chi connectivity index (χ2v) is 3.45. The maximum absolute atomic E-state index is 9.82. The van der Waals surface area contributed by atoms with Crippen LogP contribution >= 0.6 is 0 Å². The van der Waals surface area contributed by atoms with Crippen LogP contribution in [0.3, 0.4) is 0 Å². The molecule has 0 fully saturated rings. The standard InChI is InChI=1S/C10H23NO/c1-4-6-7-8-9-10(12,5-2)11-3/h11-12H,4-9H2,1-3H3. The first kappa shape index (κ1) is 11.9. The van der Waals surface area contributed by atoms with E-state index in [-0.39, 0.29) is 0 Å². The van der Waals surface area contributed by atoms with Crippen LogP contribution in [0.2, 0.25) is 0 Å². The molecule has 74 valence electrons. The summed E-state index contributed by atoms with van der Waals surface area (Å²) in [5, 5.41) is 12.8. The maximum Gasteiger partial charge on any atom is 0.115 e. The molecule has 2 heteroatoms. The number of aliphatic hydroxyl groups is 1. The molecule has 12 heavy (non-hydrogen) atoms. The number of nitrogens with one attached hydrogen (secondary N) is 1. The Hall–Kier alpha value is -0.0800. The Morgan fingerprint density at radius 2 is 1.83 bits per heavy atom. The zero-order chi connectivity index (χ0) is 9.45. The Kier molecular flexibility index (Phi) is 6.39. The molecule has 0 aliphatic heterocycles. The summed E-state index contributed by atoms with van der Waals surface area (Å²) < 4.78 is 0. The highest BCUT2D eigenvalue weighted by molar-refractivity contribution is 4.71. The van der Waals surface area contributed by atoms with Gasteiger partial charge in [-0.3, -0.25) is 5.32 Å². The van der Waals surface area contributed by atoms with Crippen LogP contribution in [0.5, 0.6) is 0 Å². The molecule has 0 rings (SSSR count). The Morgan fingerprint density at radius 3 is 2.25 bits per heavy atom. The minimum Gasteiger partial charge on any atom is -0.376 e. The van der Waals surface area contributed by atoms with Crippen LogP contribution in [-0.4, -0.2) is 17.9 Å². The molecular weight excluding hydrogens is 150 g/mol. The van der Waals surface area contributed by atoms with Gasteiger partial charge in [0.2, 0.25) is 0 Å². The third-order valence-corrected chi connectivity index (χ3v) is 2.49. The summed E-state index contributed by atoms with van der Waals surface area (Å²) in [5.74, 6) is 0. The molecule has 1 unspecified atom stereocenters. The molecule has 1 atom stereocenters. The van der Waals surface area contributed by atoms with Crippen LogP contribution in [0.15, 0.2) is 0 Å². The van der Waals surface area contributed by atoms with Gasteiger partial charge in [0.1, 0.15) is 5.72 Å². The van der Waals surface area contributed by atoms with Gasteiger partial charge in [-0.15, -0.1) is 0 Å². The minimum absolute atomic E-state index is 0.617. The molecule has 0 radical (unpaired) electrons. The Balaban J connectivity index is 3.45. The molecule has 0 aromatic heterocycles. The summed E-state index contributed by atoms with van der Waals surface area (Å²) in [5.41, 5.74) is -0.617. The molecule has 0 aromatic carbocycles. The van der Waals surface area contributed by atoms with Crippen LogP contribution in [0.1, 0.15) is 52.4 Å². The van der Waals surface area contributed by atoms with Gasteiger partial charge in [0.15, 0.2) is 0 Å². The molecule has 2 N–H and O–H groups in total. The lowest BCUT2D eigenvalue weighted by Crippen LogP contribution is -2.41. The summed E-state index contributed by atoms with van der Waals surface area (Å²) in [6.45, 7) is 4.21. The SMILES string of the molecule is CCCCCCC(O)(CC)NC. The third-order valence-electron chi connectivity index (χ3n) is 2.49. The first-order valence-corrected chi connectivity index (χ1v) is 5.09. The number of hydrogen-bond donors (Lipinski definition) is 2. The third kappa shape index (κ3) is 4.73. The predicted octanol–water partition coefficient (Wildman–Crippen LogP) is 2.27. The van der Waals surface area contributed by atoms with Crippen molar-refractivity contribution in [2.45, 2.75) is 58.1 Å². The summed E-state index contributed by atoms with van der Waals surface area (Å²) in [6, 6.07) is 0. The van der Waals surface area contributed by atoms with Gasteiger partial charge in [-0.25, -0.2) is 0 Å². The molecule has 2 nitrogen and oxygen atoms in total. The lowest BCUT2D eigenvalue weighted by Gasteiger charge is -2.25. The fourth-order valence-corrected chi connectivity index (χ4v) is 1.32. The zero-order valence-corrected chi connectivity index (χ0v) is 8.69. The number of rotatable bonds is 7. The average molecular weight is 173 g/mol. The van der Waals surface area contributed by atoms with E-state index in [2.05, 4.69) is 12.2 Å². The molecule has 0 aliphatic rings. The van der Waals surface area contributed by atoms with Crippen molar-refractivity contribution < 1.29 is 5.11 Å². The summed E-state index contributed by atoms with van der Waals surface area (Å²) in [6.07, 6.45) is 6.56. The van der Waals surface area contributed by atoms with E-state index in [0.29, 0.717) is 0 Å². The van der Waals surface area contributed by atoms with Crippen molar-refractivity contribution in [1.82, 2.24) is 5.32 Å². The second-order valence-electron chi connectivity index (χ2n) is 3.45. The summed E-state index contributed by atoms with van der Waals surface area (Å²) in [4.78, 5) is 0. The van der Waals surface area contributed by atoms with Crippen LogP contribution < -0.4 is 5.32 Å². The van der Waals surface area contributed by atoms with E-state index in [1.54, 1.807) is 0 Å². The van der Waals surface area contributed by atoms with Crippen LogP contribution in [0.4, 0.5) is 0 Å². The van der Waals surface area contributed by atoms with Crippen molar-refractivity contribution in [3.8, 4) is 0 Å². The van der Waals surface area contributed by atoms with E-state index < -0.39 is 5.72 Å². The molecular formula is C10H23NO. The van der Waals surface area contributed by atoms with Gasteiger partial charge < -0.3 is 5.11 Å². The highest BCUT2D eigenvalue weighted by atomic mass is 16.3. The fraction of sp³-hybridized carbons (Fsp3) is 1.00. The van der Waals surface area contributed by atoms with Gasteiger partial charge in [0, 0.05) is 0 Å². The van der Waals surface area contributed by atoms with E-state index >= 15 is 0 Å². The first-order valence-electron chi connectivity index (χ1n) is 5.09. The molecule has 0 aromatic rings. The van der Waals surface area contributed by atoms with Gasteiger partial charge in [0.05, 0.1) is 0 Å². The minimum atomic E-state index is -0.617. The number of hydrogen-bond acceptors (Lipinski definition) is 2. The molecule has 0 spiro atoms.